The van der Waals surface area contributed by atoms with Gasteiger partial charge in [-0.3, -0.25) is 4.57 Å². The highest BCUT2D eigenvalue weighted by Gasteiger charge is 2.37. The summed E-state index contributed by atoms with van der Waals surface area (Å²) < 4.78 is 15.3. The monoisotopic (exact) mass is 271 g/mol. The summed E-state index contributed by atoms with van der Waals surface area (Å²) in [5.74, 6) is 0. The average molecular weight is 271 g/mol. The number of benzene rings is 2. The van der Waals surface area contributed by atoms with Crippen molar-refractivity contribution in [3.8, 4) is 0 Å². The van der Waals surface area contributed by atoms with Crippen molar-refractivity contribution in [3.05, 3.63) is 59.2 Å². The number of aryl methyl sites for hydroxylation is 2. The van der Waals surface area contributed by atoms with Crippen LogP contribution in [0, 0.1) is 13.8 Å². The summed E-state index contributed by atoms with van der Waals surface area (Å²) in [5.41, 5.74) is 4.70. The van der Waals surface area contributed by atoms with Gasteiger partial charge in [0.25, 0.3) is 0 Å². The number of para-hydroxylation sites is 1. The molecular formula is C16H18NOP. The van der Waals surface area contributed by atoms with Gasteiger partial charge in [0.05, 0.1) is 6.54 Å². The molecule has 0 fully saturated rings. The molecule has 1 heterocycles. The first-order chi connectivity index (χ1) is 9.01. The molecule has 0 bridgehead atoms. The average Bonchev–Trinajstić information content (AvgIpc) is 2.62. The fourth-order valence-corrected chi connectivity index (χ4v) is 5.38. The van der Waals surface area contributed by atoms with E-state index in [-0.39, 0.29) is 0 Å². The molecule has 0 N–H and O–H groups in total. The summed E-state index contributed by atoms with van der Waals surface area (Å²) in [6.07, 6.45) is 0. The summed E-state index contributed by atoms with van der Waals surface area (Å²) in [6.45, 7) is 6.80. The van der Waals surface area contributed by atoms with Crippen molar-refractivity contribution in [1.29, 1.82) is 0 Å². The number of hydrogen-bond donors (Lipinski definition) is 0. The second kappa shape index (κ2) is 4.25. The van der Waals surface area contributed by atoms with Crippen LogP contribution in [0.2, 0.25) is 0 Å². The molecule has 0 aliphatic carbocycles. The van der Waals surface area contributed by atoms with Gasteiger partial charge in [0.1, 0.15) is 0 Å². The zero-order valence-electron chi connectivity index (χ0n) is 11.6. The second-order valence-electron chi connectivity index (χ2n) is 5.31. The van der Waals surface area contributed by atoms with E-state index in [4.69, 9.17) is 0 Å². The molecular weight excluding hydrogens is 253 g/mol. The lowest BCUT2D eigenvalue weighted by molar-refractivity contribution is 0.583. The molecule has 0 amide bonds. The van der Waals surface area contributed by atoms with E-state index < -0.39 is 7.29 Å². The molecule has 1 unspecified atom stereocenters. The Morgan fingerprint density at radius 3 is 2.26 bits per heavy atom. The summed E-state index contributed by atoms with van der Waals surface area (Å²) in [5, 5.41) is 1.01. The first-order valence-corrected chi connectivity index (χ1v) is 8.62. The van der Waals surface area contributed by atoms with Crippen molar-refractivity contribution in [2.24, 2.45) is 0 Å². The van der Waals surface area contributed by atoms with E-state index >= 15 is 0 Å². The minimum absolute atomic E-state index is 0.746. The normalized spacial score (nSPS) is 21.5. The summed E-state index contributed by atoms with van der Waals surface area (Å²) in [6, 6.07) is 14.3. The van der Waals surface area contributed by atoms with Crippen molar-refractivity contribution in [1.82, 2.24) is 0 Å². The second-order valence-corrected chi connectivity index (χ2v) is 8.03. The van der Waals surface area contributed by atoms with Gasteiger partial charge in [-0.1, -0.05) is 36.4 Å². The summed E-state index contributed by atoms with van der Waals surface area (Å²) in [4.78, 5) is 0. The number of rotatable bonds is 1. The Kier molecular flexibility index (Phi) is 2.79. The Balaban J connectivity index is 2.18. The minimum Gasteiger partial charge on any atom is -0.314 e. The fraction of sp³-hybridized carbons (Fsp3) is 0.250. The molecule has 19 heavy (non-hydrogen) atoms. The van der Waals surface area contributed by atoms with Crippen LogP contribution in [0.15, 0.2) is 42.5 Å². The molecule has 0 saturated heterocycles. The predicted octanol–water partition coefficient (Wildman–Crippen LogP) is 3.86. The van der Waals surface area contributed by atoms with Crippen LogP contribution >= 0.6 is 7.29 Å². The Morgan fingerprint density at radius 1 is 1.00 bits per heavy atom. The molecule has 0 spiro atoms. The van der Waals surface area contributed by atoms with Crippen molar-refractivity contribution in [2.75, 3.05) is 11.3 Å². The number of anilines is 1. The quantitative estimate of drug-likeness (QED) is 0.734. The minimum atomic E-state index is -2.49. The van der Waals surface area contributed by atoms with E-state index in [2.05, 4.69) is 42.8 Å². The van der Waals surface area contributed by atoms with Gasteiger partial charge in [0.15, 0.2) is 7.29 Å². The lowest BCUT2D eigenvalue weighted by Crippen LogP contribution is -2.17. The van der Waals surface area contributed by atoms with Crippen LogP contribution in [0.3, 0.4) is 0 Å². The topological polar surface area (TPSA) is 20.3 Å². The van der Waals surface area contributed by atoms with Gasteiger partial charge in [-0.15, -0.1) is 0 Å². The Bertz CT molecular complexity index is 673. The third-order valence-electron chi connectivity index (χ3n) is 3.92. The maximum absolute atomic E-state index is 13.2. The zero-order valence-corrected chi connectivity index (χ0v) is 12.4. The van der Waals surface area contributed by atoms with E-state index in [1.807, 2.05) is 24.9 Å². The molecule has 3 rings (SSSR count). The first-order valence-electron chi connectivity index (χ1n) is 6.52. The molecule has 2 aromatic rings. The molecule has 0 radical (unpaired) electrons. The molecule has 1 aliphatic rings. The standard InChI is InChI=1S/C16H18NOP/c1-12-7-6-8-13(2)16(12)17-11-14-9-4-5-10-15(14)19(17,3)18/h4-10H,11H2,1-3H3. The van der Waals surface area contributed by atoms with Crippen LogP contribution in [0.1, 0.15) is 16.7 Å². The van der Waals surface area contributed by atoms with Crippen LogP contribution in [-0.4, -0.2) is 6.66 Å². The molecule has 2 nitrogen and oxygen atoms in total. The third-order valence-corrected chi connectivity index (χ3v) is 6.51. The predicted molar refractivity (Wildman–Crippen MR) is 81.7 cm³/mol. The van der Waals surface area contributed by atoms with Gasteiger partial charge < -0.3 is 4.67 Å². The van der Waals surface area contributed by atoms with Gasteiger partial charge in [-0.2, -0.15) is 0 Å². The van der Waals surface area contributed by atoms with Crippen LogP contribution < -0.4 is 9.97 Å². The van der Waals surface area contributed by atoms with Gasteiger partial charge in [-0.25, -0.2) is 0 Å². The van der Waals surface area contributed by atoms with E-state index in [1.54, 1.807) is 0 Å². The van der Waals surface area contributed by atoms with E-state index in [9.17, 15) is 4.57 Å². The van der Waals surface area contributed by atoms with Gasteiger partial charge in [-0.05, 0) is 36.6 Å². The van der Waals surface area contributed by atoms with Gasteiger partial charge in [0, 0.05) is 17.7 Å². The highest BCUT2D eigenvalue weighted by atomic mass is 31.2. The van der Waals surface area contributed by atoms with Crippen molar-refractivity contribution in [3.63, 3.8) is 0 Å². The van der Waals surface area contributed by atoms with Gasteiger partial charge >= 0.3 is 0 Å². The van der Waals surface area contributed by atoms with Crippen LogP contribution in [-0.2, 0) is 11.1 Å². The smallest absolute Gasteiger partial charge is 0.198 e. The van der Waals surface area contributed by atoms with E-state index in [1.165, 1.54) is 16.7 Å². The maximum Gasteiger partial charge on any atom is 0.198 e. The molecule has 1 atom stereocenters. The van der Waals surface area contributed by atoms with Crippen molar-refractivity contribution >= 4 is 18.3 Å². The highest BCUT2D eigenvalue weighted by Crippen LogP contribution is 2.54. The van der Waals surface area contributed by atoms with E-state index in [0.717, 1.165) is 17.5 Å². The molecule has 0 aromatic heterocycles. The first kappa shape index (κ1) is 12.5. The van der Waals surface area contributed by atoms with Crippen LogP contribution in [0.5, 0.6) is 0 Å². The molecule has 3 heteroatoms. The Hall–Kier alpha value is -1.53. The Labute approximate surface area is 114 Å². The fourth-order valence-electron chi connectivity index (χ4n) is 2.96. The SMILES string of the molecule is Cc1cccc(C)c1N1Cc2ccccc2P1(C)=O. The summed E-state index contributed by atoms with van der Waals surface area (Å²) in [7, 11) is -2.49. The summed E-state index contributed by atoms with van der Waals surface area (Å²) >= 11 is 0. The Morgan fingerprint density at radius 2 is 1.63 bits per heavy atom. The van der Waals surface area contributed by atoms with Crippen LogP contribution in [0.25, 0.3) is 0 Å². The molecule has 0 saturated carbocycles. The number of nitrogens with zero attached hydrogens (tertiary/aromatic N) is 1. The lowest BCUT2D eigenvalue weighted by atomic mass is 10.1. The lowest BCUT2D eigenvalue weighted by Gasteiger charge is -2.27. The largest absolute Gasteiger partial charge is 0.314 e. The van der Waals surface area contributed by atoms with Crippen LogP contribution in [0.4, 0.5) is 5.69 Å². The zero-order chi connectivity index (χ0) is 13.6. The molecule has 98 valence electrons. The molecule has 2 aromatic carbocycles. The third kappa shape index (κ3) is 1.82. The maximum atomic E-state index is 13.2. The van der Waals surface area contributed by atoms with E-state index in [0.29, 0.717) is 0 Å². The van der Waals surface area contributed by atoms with Crippen molar-refractivity contribution < 1.29 is 4.57 Å². The molecule has 1 aliphatic heterocycles. The van der Waals surface area contributed by atoms with Gasteiger partial charge in [0.2, 0.25) is 0 Å². The van der Waals surface area contributed by atoms with Crippen molar-refractivity contribution in [2.45, 2.75) is 20.4 Å². The highest BCUT2D eigenvalue weighted by molar-refractivity contribution is 7.72. The number of fused-ring (bicyclic) bond motifs is 1. The number of hydrogen-bond acceptors (Lipinski definition) is 1.